The van der Waals surface area contributed by atoms with Crippen molar-refractivity contribution in [1.29, 1.82) is 0 Å². The van der Waals surface area contributed by atoms with Crippen molar-refractivity contribution in [3.05, 3.63) is 53.1 Å². The fourth-order valence-corrected chi connectivity index (χ4v) is 2.88. The summed E-state index contributed by atoms with van der Waals surface area (Å²) in [5.74, 6) is 0.966. The van der Waals surface area contributed by atoms with Gasteiger partial charge in [-0.15, -0.1) is 0 Å². The molecule has 3 amide bonds. The van der Waals surface area contributed by atoms with Crippen LogP contribution in [-0.2, 0) is 4.79 Å². The highest BCUT2D eigenvalue weighted by Crippen LogP contribution is 2.32. The Hall–Kier alpha value is -2.93. The van der Waals surface area contributed by atoms with Crippen LogP contribution in [0.1, 0.15) is 24.4 Å². The third kappa shape index (κ3) is 5.27. The number of rotatable bonds is 5. The lowest BCUT2D eigenvalue weighted by Gasteiger charge is -2.18. The van der Waals surface area contributed by atoms with Crippen molar-refractivity contribution in [2.45, 2.75) is 18.9 Å². The van der Waals surface area contributed by atoms with E-state index in [2.05, 4.69) is 10.6 Å². The lowest BCUT2D eigenvalue weighted by molar-refractivity contribution is -0.116. The van der Waals surface area contributed by atoms with E-state index < -0.39 is 12.1 Å². The molecule has 0 bridgehead atoms. The molecule has 7 nitrogen and oxygen atoms in total. The molecule has 4 N–H and O–H groups in total. The van der Waals surface area contributed by atoms with Gasteiger partial charge in [0.25, 0.3) is 0 Å². The number of carbonyl (C=O) groups is 2. The molecule has 3 rings (SSSR count). The van der Waals surface area contributed by atoms with Crippen molar-refractivity contribution in [2.24, 2.45) is 5.73 Å². The number of benzene rings is 2. The molecule has 0 spiro atoms. The minimum absolute atomic E-state index is 0.0129. The fourth-order valence-electron chi connectivity index (χ4n) is 2.76. The van der Waals surface area contributed by atoms with Gasteiger partial charge in [0.05, 0.1) is 25.7 Å². The quantitative estimate of drug-likeness (QED) is 0.730. The molecule has 8 heteroatoms. The second-order valence-electron chi connectivity index (χ2n) is 6.08. The van der Waals surface area contributed by atoms with E-state index in [1.54, 1.807) is 42.5 Å². The standard InChI is InChI=1S/C19H20ClN3O4/c20-13-4-2-12(3-5-13)15(23-19(21)25)11-18(24)22-14-6-7-16-17(10-14)27-9-1-8-26-16/h2-7,10,15H,1,8-9,11H2,(H,22,24)(H3,21,23,25)/t15-/m1/s1. The van der Waals surface area contributed by atoms with Gasteiger partial charge in [0.2, 0.25) is 5.91 Å². The van der Waals surface area contributed by atoms with Crippen LogP contribution in [0.25, 0.3) is 0 Å². The molecule has 0 aliphatic carbocycles. The first kappa shape index (κ1) is 18.8. The molecule has 0 unspecified atom stereocenters. The topological polar surface area (TPSA) is 103 Å². The van der Waals surface area contributed by atoms with E-state index in [-0.39, 0.29) is 12.3 Å². The van der Waals surface area contributed by atoms with Gasteiger partial charge in [0.15, 0.2) is 11.5 Å². The first-order valence-electron chi connectivity index (χ1n) is 8.52. The summed E-state index contributed by atoms with van der Waals surface area (Å²) in [5, 5.41) is 5.95. The van der Waals surface area contributed by atoms with E-state index in [0.29, 0.717) is 35.4 Å². The molecule has 1 aliphatic rings. The molecule has 2 aromatic carbocycles. The molecule has 142 valence electrons. The average Bonchev–Trinajstić information content (AvgIpc) is 2.86. The average molecular weight is 390 g/mol. The first-order chi connectivity index (χ1) is 13.0. The summed E-state index contributed by atoms with van der Waals surface area (Å²) < 4.78 is 11.2. The SMILES string of the molecule is NC(=O)N[C@H](CC(=O)Nc1ccc2c(c1)OCCCO2)c1ccc(Cl)cc1. The summed E-state index contributed by atoms with van der Waals surface area (Å²) in [6, 6.07) is 10.8. The zero-order valence-electron chi connectivity index (χ0n) is 14.5. The number of nitrogens with two attached hydrogens (primary N) is 1. The minimum atomic E-state index is -0.710. The highest BCUT2D eigenvalue weighted by Gasteiger charge is 2.18. The van der Waals surface area contributed by atoms with Crippen molar-refractivity contribution >= 4 is 29.2 Å². The lowest BCUT2D eigenvalue weighted by Crippen LogP contribution is -2.35. The zero-order chi connectivity index (χ0) is 19.2. The van der Waals surface area contributed by atoms with Gasteiger partial charge in [-0.3, -0.25) is 4.79 Å². The number of fused-ring (bicyclic) bond motifs is 1. The zero-order valence-corrected chi connectivity index (χ0v) is 15.3. The van der Waals surface area contributed by atoms with Gasteiger partial charge in [-0.25, -0.2) is 4.79 Å². The van der Waals surface area contributed by atoms with Gasteiger partial charge in [-0.2, -0.15) is 0 Å². The Balaban J connectivity index is 1.69. The van der Waals surface area contributed by atoms with Gasteiger partial charge in [-0.05, 0) is 29.8 Å². The Bertz CT molecular complexity index is 826. The molecule has 0 fully saturated rings. The van der Waals surface area contributed by atoms with Crippen LogP contribution in [0, 0.1) is 0 Å². The molecule has 0 saturated heterocycles. The van der Waals surface area contributed by atoms with Gasteiger partial charge in [-0.1, -0.05) is 23.7 Å². The van der Waals surface area contributed by atoms with Crippen LogP contribution in [0.4, 0.5) is 10.5 Å². The number of hydrogen-bond donors (Lipinski definition) is 3. The van der Waals surface area contributed by atoms with E-state index in [4.69, 9.17) is 26.8 Å². The van der Waals surface area contributed by atoms with Crippen LogP contribution in [-0.4, -0.2) is 25.2 Å². The summed E-state index contributed by atoms with van der Waals surface area (Å²) in [6.45, 7) is 1.16. The first-order valence-corrected chi connectivity index (χ1v) is 8.90. The number of halogens is 1. The second kappa shape index (κ2) is 8.64. The smallest absolute Gasteiger partial charge is 0.312 e. The van der Waals surface area contributed by atoms with Crippen molar-refractivity contribution in [1.82, 2.24) is 5.32 Å². The maximum Gasteiger partial charge on any atom is 0.312 e. The van der Waals surface area contributed by atoms with Gasteiger partial charge < -0.3 is 25.8 Å². The number of carbonyl (C=O) groups excluding carboxylic acids is 2. The number of primary amides is 1. The van der Waals surface area contributed by atoms with Crippen LogP contribution in [0.5, 0.6) is 11.5 Å². The van der Waals surface area contributed by atoms with Gasteiger partial charge in [0.1, 0.15) is 0 Å². The molecule has 0 radical (unpaired) electrons. The largest absolute Gasteiger partial charge is 0.490 e. The Morgan fingerprint density at radius 1 is 1.07 bits per heavy atom. The van der Waals surface area contributed by atoms with E-state index in [1.807, 2.05) is 0 Å². The molecule has 0 saturated carbocycles. The fraction of sp³-hybridized carbons (Fsp3) is 0.263. The number of urea groups is 1. The van der Waals surface area contributed by atoms with E-state index in [9.17, 15) is 9.59 Å². The third-order valence-electron chi connectivity index (χ3n) is 4.01. The Kier molecular flexibility index (Phi) is 6.03. The monoisotopic (exact) mass is 389 g/mol. The van der Waals surface area contributed by atoms with Crippen LogP contribution >= 0.6 is 11.6 Å². The van der Waals surface area contributed by atoms with Crippen molar-refractivity contribution in [3.63, 3.8) is 0 Å². The normalized spacial score (nSPS) is 14.0. The van der Waals surface area contributed by atoms with E-state index >= 15 is 0 Å². The number of hydrogen-bond acceptors (Lipinski definition) is 4. The van der Waals surface area contributed by atoms with Crippen LogP contribution < -0.4 is 25.8 Å². The summed E-state index contributed by atoms with van der Waals surface area (Å²) >= 11 is 5.89. The number of ether oxygens (including phenoxy) is 2. The molecule has 2 aromatic rings. The molecular formula is C19H20ClN3O4. The van der Waals surface area contributed by atoms with Gasteiger partial charge >= 0.3 is 6.03 Å². The lowest BCUT2D eigenvalue weighted by atomic mass is 10.0. The summed E-state index contributed by atoms with van der Waals surface area (Å²) in [7, 11) is 0. The summed E-state index contributed by atoms with van der Waals surface area (Å²) in [4.78, 5) is 23.8. The van der Waals surface area contributed by atoms with Crippen molar-refractivity contribution in [3.8, 4) is 11.5 Å². The highest BCUT2D eigenvalue weighted by atomic mass is 35.5. The molecule has 27 heavy (non-hydrogen) atoms. The Morgan fingerprint density at radius 3 is 2.48 bits per heavy atom. The maximum atomic E-state index is 12.5. The van der Waals surface area contributed by atoms with Gasteiger partial charge in [0, 0.05) is 23.2 Å². The maximum absolute atomic E-state index is 12.5. The predicted molar refractivity (Wildman–Crippen MR) is 102 cm³/mol. The summed E-state index contributed by atoms with van der Waals surface area (Å²) in [5.41, 5.74) is 6.55. The Labute approximate surface area is 161 Å². The summed E-state index contributed by atoms with van der Waals surface area (Å²) in [6.07, 6.45) is 0.816. The molecule has 1 aliphatic heterocycles. The van der Waals surface area contributed by atoms with Crippen LogP contribution in [0.2, 0.25) is 5.02 Å². The van der Waals surface area contributed by atoms with Crippen molar-refractivity contribution in [2.75, 3.05) is 18.5 Å². The predicted octanol–water partition coefficient (Wildman–Crippen LogP) is 3.24. The Morgan fingerprint density at radius 2 is 1.78 bits per heavy atom. The molecule has 1 heterocycles. The number of anilines is 1. The highest BCUT2D eigenvalue weighted by molar-refractivity contribution is 6.30. The molecular weight excluding hydrogens is 370 g/mol. The molecule has 0 aromatic heterocycles. The number of nitrogens with one attached hydrogen (secondary N) is 2. The second-order valence-corrected chi connectivity index (χ2v) is 6.51. The third-order valence-corrected chi connectivity index (χ3v) is 4.26. The molecule has 1 atom stereocenters. The van der Waals surface area contributed by atoms with Crippen LogP contribution in [0.3, 0.4) is 0 Å². The van der Waals surface area contributed by atoms with E-state index in [0.717, 1.165) is 12.0 Å². The van der Waals surface area contributed by atoms with Crippen molar-refractivity contribution < 1.29 is 19.1 Å². The van der Waals surface area contributed by atoms with E-state index in [1.165, 1.54) is 0 Å². The minimum Gasteiger partial charge on any atom is -0.490 e. The number of amides is 3. The van der Waals surface area contributed by atoms with Crippen LogP contribution in [0.15, 0.2) is 42.5 Å².